The summed E-state index contributed by atoms with van der Waals surface area (Å²) in [6.07, 6.45) is 1.56. The summed E-state index contributed by atoms with van der Waals surface area (Å²) in [7, 11) is -3.76. The molecule has 1 aliphatic heterocycles. The highest BCUT2D eigenvalue weighted by Crippen LogP contribution is 2.26. The van der Waals surface area contributed by atoms with Crippen molar-refractivity contribution in [3.63, 3.8) is 0 Å². The first kappa shape index (κ1) is 21.7. The van der Waals surface area contributed by atoms with E-state index in [0.29, 0.717) is 24.0 Å². The van der Waals surface area contributed by atoms with Crippen molar-refractivity contribution in [2.45, 2.75) is 30.8 Å². The number of fused-ring (bicyclic) bond motifs is 1. The molecule has 5 rings (SSSR count). The van der Waals surface area contributed by atoms with Crippen molar-refractivity contribution in [1.29, 1.82) is 0 Å². The Bertz CT molecular complexity index is 1420. The normalized spacial score (nSPS) is 14.3. The molecule has 0 radical (unpaired) electrons. The molecule has 9 heteroatoms. The number of aromatic nitrogens is 2. The summed E-state index contributed by atoms with van der Waals surface area (Å²) in [5.41, 5.74) is 4.85. The van der Waals surface area contributed by atoms with Crippen LogP contribution in [0.25, 0.3) is 22.2 Å². The zero-order chi connectivity index (χ0) is 22.8. The van der Waals surface area contributed by atoms with E-state index in [0.717, 1.165) is 46.9 Å². The van der Waals surface area contributed by atoms with Crippen LogP contribution in [0.15, 0.2) is 71.6 Å². The molecular formula is C24H22N4O3S2. The fourth-order valence-corrected chi connectivity index (χ4v) is 5.86. The number of hydrogen-bond acceptors (Lipinski definition) is 6. The highest BCUT2D eigenvalue weighted by Gasteiger charge is 2.21. The van der Waals surface area contributed by atoms with Crippen molar-refractivity contribution in [2.75, 3.05) is 6.54 Å². The Kier molecular flexibility index (Phi) is 5.92. The fourth-order valence-electron chi connectivity index (χ4n) is 4.09. The average molecular weight is 479 g/mol. The van der Waals surface area contributed by atoms with Crippen molar-refractivity contribution in [2.24, 2.45) is 0 Å². The smallest absolute Gasteiger partial charge is 0.243 e. The fraction of sp³-hybridized carbons (Fsp3) is 0.208. The van der Waals surface area contributed by atoms with Gasteiger partial charge in [0, 0.05) is 26.1 Å². The maximum atomic E-state index is 13.0. The van der Waals surface area contributed by atoms with Gasteiger partial charge in [-0.3, -0.25) is 4.79 Å². The quantitative estimate of drug-likeness (QED) is 0.434. The highest BCUT2D eigenvalue weighted by atomic mass is 32.2. The molecule has 0 saturated carbocycles. The van der Waals surface area contributed by atoms with Gasteiger partial charge >= 0.3 is 0 Å². The van der Waals surface area contributed by atoms with Gasteiger partial charge in [0.15, 0.2) is 0 Å². The van der Waals surface area contributed by atoms with Gasteiger partial charge in [-0.15, -0.1) is 0 Å². The van der Waals surface area contributed by atoms with Crippen LogP contribution in [-0.4, -0.2) is 34.5 Å². The predicted octanol–water partition coefficient (Wildman–Crippen LogP) is 3.96. The molecule has 0 bridgehead atoms. The minimum absolute atomic E-state index is 0.132. The average Bonchev–Trinajstić information content (AvgIpc) is 3.47. The van der Waals surface area contributed by atoms with Gasteiger partial charge in [-0.05, 0) is 40.8 Å². The number of benzene rings is 3. The third-order valence-corrected chi connectivity index (χ3v) is 7.79. The Morgan fingerprint density at radius 2 is 1.79 bits per heavy atom. The lowest BCUT2D eigenvalue weighted by molar-refractivity contribution is -0.128. The largest absolute Gasteiger partial charge is 0.338 e. The van der Waals surface area contributed by atoms with Gasteiger partial charge in [0.2, 0.25) is 15.9 Å². The zero-order valence-electron chi connectivity index (χ0n) is 17.8. The number of hydrogen-bond donors (Lipinski definition) is 1. The second-order valence-corrected chi connectivity index (χ2v) is 10.2. The van der Waals surface area contributed by atoms with Gasteiger partial charge in [-0.1, -0.05) is 54.6 Å². The third kappa shape index (κ3) is 4.52. The molecule has 168 valence electrons. The molecule has 0 spiro atoms. The van der Waals surface area contributed by atoms with Crippen LogP contribution in [0.5, 0.6) is 0 Å². The molecule has 4 aromatic rings. The van der Waals surface area contributed by atoms with E-state index in [1.165, 1.54) is 0 Å². The van der Waals surface area contributed by atoms with Crippen LogP contribution in [0.2, 0.25) is 0 Å². The van der Waals surface area contributed by atoms with E-state index in [2.05, 4.69) is 13.5 Å². The Morgan fingerprint density at radius 1 is 0.970 bits per heavy atom. The molecule has 1 amide bonds. The van der Waals surface area contributed by atoms with Gasteiger partial charge in [0.1, 0.15) is 15.9 Å². The van der Waals surface area contributed by atoms with Gasteiger partial charge < -0.3 is 4.90 Å². The minimum Gasteiger partial charge on any atom is -0.338 e. The molecule has 3 aromatic carbocycles. The van der Waals surface area contributed by atoms with Crippen molar-refractivity contribution in [1.82, 2.24) is 18.4 Å². The number of likely N-dealkylation sites (tertiary alicyclic amines) is 1. The molecule has 1 saturated heterocycles. The van der Waals surface area contributed by atoms with Crippen molar-refractivity contribution >= 4 is 38.7 Å². The Balaban J connectivity index is 1.35. The summed E-state index contributed by atoms with van der Waals surface area (Å²) < 4.78 is 37.0. The van der Waals surface area contributed by atoms with Crippen LogP contribution in [0.1, 0.15) is 24.0 Å². The van der Waals surface area contributed by atoms with E-state index in [1.807, 2.05) is 53.4 Å². The topological polar surface area (TPSA) is 92.3 Å². The second-order valence-electron chi connectivity index (χ2n) is 7.99. The van der Waals surface area contributed by atoms with Crippen LogP contribution < -0.4 is 4.72 Å². The van der Waals surface area contributed by atoms with Gasteiger partial charge in [0.05, 0.1) is 11.7 Å². The summed E-state index contributed by atoms with van der Waals surface area (Å²) in [4.78, 5) is 13.9. The van der Waals surface area contributed by atoms with E-state index < -0.39 is 10.0 Å². The molecule has 1 aliphatic rings. The lowest BCUT2D eigenvalue weighted by Crippen LogP contribution is -2.24. The van der Waals surface area contributed by atoms with E-state index in [9.17, 15) is 13.2 Å². The summed E-state index contributed by atoms with van der Waals surface area (Å²) in [5.74, 6) is 0.209. The van der Waals surface area contributed by atoms with Crippen molar-refractivity contribution < 1.29 is 13.2 Å². The summed E-state index contributed by atoms with van der Waals surface area (Å²) in [5, 5.41) is 0. The van der Waals surface area contributed by atoms with E-state index in [-0.39, 0.29) is 17.3 Å². The first-order valence-corrected chi connectivity index (χ1v) is 12.9. The SMILES string of the molecule is O=C1CCCN1Cc1ccc(-c2ccccc2CNS(=O)(=O)c2cccc3nsnc23)cc1. The standard InChI is InChI=1S/C24H22N4O3S2/c29-23-9-4-14-28(23)16-17-10-12-18(13-11-17)20-6-2-1-5-19(20)15-25-33(30,31)22-8-3-7-21-24(22)27-32-26-21/h1-3,5-8,10-13,25H,4,9,14-16H2. The van der Waals surface area contributed by atoms with E-state index >= 15 is 0 Å². The first-order valence-electron chi connectivity index (χ1n) is 10.7. The monoisotopic (exact) mass is 478 g/mol. The molecule has 1 N–H and O–H groups in total. The number of rotatable bonds is 7. The maximum absolute atomic E-state index is 13.0. The molecule has 1 aromatic heterocycles. The maximum Gasteiger partial charge on any atom is 0.243 e. The molecule has 7 nitrogen and oxygen atoms in total. The van der Waals surface area contributed by atoms with Crippen LogP contribution in [0, 0.1) is 0 Å². The van der Waals surface area contributed by atoms with Crippen molar-refractivity contribution in [3.8, 4) is 11.1 Å². The highest BCUT2D eigenvalue weighted by molar-refractivity contribution is 7.89. The van der Waals surface area contributed by atoms with Crippen molar-refractivity contribution in [3.05, 3.63) is 77.9 Å². The van der Waals surface area contributed by atoms with Gasteiger partial charge in [-0.2, -0.15) is 8.75 Å². The van der Waals surface area contributed by atoms with Crippen LogP contribution in [0.4, 0.5) is 0 Å². The lowest BCUT2D eigenvalue weighted by atomic mass is 9.98. The van der Waals surface area contributed by atoms with E-state index in [1.54, 1.807) is 18.2 Å². The number of carbonyl (C=O) groups is 1. The van der Waals surface area contributed by atoms with Crippen LogP contribution >= 0.6 is 11.7 Å². The first-order chi connectivity index (χ1) is 16.0. The molecule has 2 heterocycles. The van der Waals surface area contributed by atoms with E-state index in [4.69, 9.17) is 0 Å². The zero-order valence-corrected chi connectivity index (χ0v) is 19.4. The summed E-state index contributed by atoms with van der Waals surface area (Å²) in [6.45, 7) is 1.59. The molecule has 0 atom stereocenters. The van der Waals surface area contributed by atoms with Crippen LogP contribution in [0.3, 0.4) is 0 Å². The number of nitrogens with one attached hydrogen (secondary N) is 1. The number of nitrogens with zero attached hydrogens (tertiary/aromatic N) is 3. The Hall–Kier alpha value is -3.14. The van der Waals surface area contributed by atoms with Gasteiger partial charge in [0.25, 0.3) is 0 Å². The molecule has 0 aliphatic carbocycles. The van der Waals surface area contributed by atoms with Gasteiger partial charge in [-0.25, -0.2) is 13.1 Å². The molecular weight excluding hydrogens is 456 g/mol. The minimum atomic E-state index is -3.76. The second kappa shape index (κ2) is 9.01. The Labute approximate surface area is 196 Å². The van der Waals surface area contributed by atoms with Crippen LogP contribution in [-0.2, 0) is 27.9 Å². The summed E-state index contributed by atoms with van der Waals surface area (Å²) in [6, 6.07) is 20.8. The third-order valence-electron chi connectivity index (χ3n) is 5.82. The Morgan fingerprint density at radius 3 is 2.58 bits per heavy atom. The predicted molar refractivity (Wildman–Crippen MR) is 128 cm³/mol. The molecule has 33 heavy (non-hydrogen) atoms. The number of amides is 1. The molecule has 0 unspecified atom stereocenters. The number of carbonyl (C=O) groups excluding carboxylic acids is 1. The lowest BCUT2D eigenvalue weighted by Gasteiger charge is -2.16. The molecule has 1 fully saturated rings. The number of sulfonamides is 1. The summed E-state index contributed by atoms with van der Waals surface area (Å²) >= 11 is 0.994.